The maximum Gasteiger partial charge on any atom is 0.416 e. The van der Waals surface area contributed by atoms with E-state index in [1.54, 1.807) is 36.2 Å². The van der Waals surface area contributed by atoms with Gasteiger partial charge >= 0.3 is 6.18 Å². The van der Waals surface area contributed by atoms with Gasteiger partial charge in [-0.1, -0.05) is 23.7 Å². The van der Waals surface area contributed by atoms with Gasteiger partial charge in [0.05, 0.1) is 34.8 Å². The second-order valence-corrected chi connectivity index (χ2v) is 10.2. The van der Waals surface area contributed by atoms with Crippen LogP contribution in [0.25, 0.3) is 17.0 Å². The van der Waals surface area contributed by atoms with Gasteiger partial charge in [0.2, 0.25) is 0 Å². The van der Waals surface area contributed by atoms with E-state index in [0.29, 0.717) is 16.5 Å². The fourth-order valence-electron chi connectivity index (χ4n) is 4.52. The first kappa shape index (κ1) is 24.8. The molecule has 6 nitrogen and oxygen atoms in total. The number of thioether (sulfide) groups is 1. The van der Waals surface area contributed by atoms with E-state index in [1.165, 1.54) is 23.0 Å². The number of rotatable bonds is 4. The minimum absolute atomic E-state index is 0.00700. The molecule has 2 aliphatic heterocycles. The quantitative estimate of drug-likeness (QED) is 0.327. The molecule has 2 aromatic carbocycles. The maximum atomic E-state index is 14.3. The van der Waals surface area contributed by atoms with Crippen LogP contribution in [-0.4, -0.2) is 63.1 Å². The third kappa shape index (κ3) is 4.62. The van der Waals surface area contributed by atoms with Gasteiger partial charge in [0, 0.05) is 23.5 Å². The van der Waals surface area contributed by atoms with Gasteiger partial charge in [0.15, 0.2) is 0 Å². The molecule has 0 radical (unpaired) electrons. The molecule has 0 saturated carbocycles. The summed E-state index contributed by atoms with van der Waals surface area (Å²) in [6.45, 7) is 0.321. The summed E-state index contributed by atoms with van der Waals surface area (Å²) < 4.78 is 56.2. The van der Waals surface area contributed by atoms with Gasteiger partial charge in [0.25, 0.3) is 11.1 Å². The van der Waals surface area contributed by atoms with Crippen LogP contribution in [0.3, 0.4) is 0 Å². The number of imide groups is 1. The first-order chi connectivity index (χ1) is 17.0. The van der Waals surface area contributed by atoms with E-state index >= 15 is 0 Å². The Morgan fingerprint density at radius 2 is 1.94 bits per heavy atom. The van der Waals surface area contributed by atoms with Gasteiger partial charge in [-0.15, -0.1) is 0 Å². The highest BCUT2D eigenvalue weighted by atomic mass is 35.5. The Kier molecular flexibility index (Phi) is 6.34. The van der Waals surface area contributed by atoms with E-state index < -0.39 is 35.1 Å². The van der Waals surface area contributed by atoms with Crippen molar-refractivity contribution in [1.29, 1.82) is 0 Å². The van der Waals surface area contributed by atoms with Crippen molar-refractivity contribution in [2.24, 2.45) is 0 Å². The lowest BCUT2D eigenvalue weighted by Gasteiger charge is -2.21. The van der Waals surface area contributed by atoms with Crippen LogP contribution in [0.2, 0.25) is 5.02 Å². The SMILES string of the molecule is CN1CC(N2C(=O)SC(=Cc3ccc4c(cnn4Cc4ccc(Cl)cc4C(F)(F)F)c3)C2=O)[C@H](F)C1. The van der Waals surface area contributed by atoms with Crippen LogP contribution in [0, 0.1) is 0 Å². The van der Waals surface area contributed by atoms with Crippen LogP contribution < -0.4 is 0 Å². The van der Waals surface area contributed by atoms with Gasteiger partial charge in [-0.25, -0.2) is 4.39 Å². The smallest absolute Gasteiger partial charge is 0.301 e. The molecule has 36 heavy (non-hydrogen) atoms. The average Bonchev–Trinajstić information content (AvgIpc) is 3.43. The number of likely N-dealkylation sites (N-methyl/N-ethyl adjacent to an activating group) is 1. The standard InChI is InChI=1S/C24H19ClF4N4O2S/c1-31-11-18(26)20(12-31)33-22(34)21(36-23(33)35)7-13-2-5-19-15(6-13)9-30-32(19)10-14-3-4-16(25)8-17(14)24(27,28)29/h2-9,18,20H,10-12H2,1H3/t18-,20?/m1/s1. The van der Waals surface area contributed by atoms with E-state index in [1.807, 2.05) is 0 Å². The number of nitrogens with zero attached hydrogens (tertiary/aromatic N) is 4. The van der Waals surface area contributed by atoms with E-state index in [0.717, 1.165) is 22.7 Å². The Bertz CT molecular complexity index is 1410. The molecule has 2 saturated heterocycles. The summed E-state index contributed by atoms with van der Waals surface area (Å²) in [7, 11) is 1.73. The molecular weight excluding hydrogens is 520 g/mol. The first-order valence-corrected chi connectivity index (χ1v) is 12.1. The molecule has 0 aliphatic carbocycles. The fourth-order valence-corrected chi connectivity index (χ4v) is 5.58. The average molecular weight is 539 g/mol. The van der Waals surface area contributed by atoms with Crippen LogP contribution in [-0.2, 0) is 17.5 Å². The monoisotopic (exact) mass is 538 g/mol. The molecule has 0 spiro atoms. The molecule has 1 unspecified atom stereocenters. The zero-order chi connectivity index (χ0) is 25.8. The number of aromatic nitrogens is 2. The summed E-state index contributed by atoms with van der Waals surface area (Å²) in [6.07, 6.45) is -2.79. The van der Waals surface area contributed by atoms with E-state index in [9.17, 15) is 27.2 Å². The second kappa shape index (κ2) is 9.20. The van der Waals surface area contributed by atoms with E-state index in [2.05, 4.69) is 5.10 Å². The number of hydrogen-bond acceptors (Lipinski definition) is 5. The second-order valence-electron chi connectivity index (χ2n) is 8.78. The third-order valence-corrected chi connectivity index (χ3v) is 7.34. The summed E-state index contributed by atoms with van der Waals surface area (Å²) in [4.78, 5) is 28.3. The van der Waals surface area contributed by atoms with Crippen LogP contribution in [0.1, 0.15) is 16.7 Å². The molecule has 2 amide bonds. The fraction of sp³-hybridized carbons (Fsp3) is 0.292. The first-order valence-electron chi connectivity index (χ1n) is 10.9. The summed E-state index contributed by atoms with van der Waals surface area (Å²) in [6, 6.07) is 7.89. The molecule has 3 aromatic rings. The van der Waals surface area contributed by atoms with Crippen molar-refractivity contribution in [3.8, 4) is 0 Å². The number of halogens is 5. The number of carbonyl (C=O) groups is 2. The van der Waals surface area contributed by atoms with Crippen molar-refractivity contribution >= 4 is 51.5 Å². The molecule has 5 rings (SSSR count). The van der Waals surface area contributed by atoms with Crippen molar-refractivity contribution in [1.82, 2.24) is 19.6 Å². The molecule has 0 N–H and O–H groups in total. The Hall–Kier alpha value is -2.89. The number of likely N-dealkylation sites (tertiary alicyclic amines) is 1. The van der Waals surface area contributed by atoms with Gasteiger partial charge in [-0.05, 0) is 60.3 Å². The van der Waals surface area contributed by atoms with Gasteiger partial charge in [-0.2, -0.15) is 18.3 Å². The van der Waals surface area contributed by atoms with Crippen LogP contribution in [0.4, 0.5) is 22.4 Å². The van der Waals surface area contributed by atoms with Crippen molar-refractivity contribution in [2.75, 3.05) is 20.1 Å². The van der Waals surface area contributed by atoms with Gasteiger partial charge < -0.3 is 4.90 Å². The van der Waals surface area contributed by atoms with Crippen LogP contribution >= 0.6 is 23.4 Å². The van der Waals surface area contributed by atoms with E-state index in [4.69, 9.17) is 11.6 Å². The molecule has 2 atom stereocenters. The number of fused-ring (bicyclic) bond motifs is 1. The summed E-state index contributed by atoms with van der Waals surface area (Å²) in [5.41, 5.74) is 0.404. The lowest BCUT2D eigenvalue weighted by atomic mass is 10.1. The van der Waals surface area contributed by atoms with Crippen molar-refractivity contribution in [2.45, 2.75) is 24.9 Å². The molecule has 2 aliphatic rings. The number of hydrogen-bond donors (Lipinski definition) is 0. The minimum atomic E-state index is -4.56. The topological polar surface area (TPSA) is 58.4 Å². The number of amides is 2. The normalized spacial score (nSPS) is 22.5. The van der Waals surface area contributed by atoms with Crippen LogP contribution in [0.5, 0.6) is 0 Å². The Morgan fingerprint density at radius 3 is 2.64 bits per heavy atom. The molecule has 188 valence electrons. The highest BCUT2D eigenvalue weighted by Crippen LogP contribution is 2.37. The lowest BCUT2D eigenvalue weighted by Crippen LogP contribution is -2.44. The molecule has 3 heterocycles. The minimum Gasteiger partial charge on any atom is -0.301 e. The molecular formula is C24H19ClF4N4O2S. The van der Waals surface area contributed by atoms with E-state index in [-0.39, 0.29) is 35.1 Å². The van der Waals surface area contributed by atoms with Gasteiger partial charge in [0.1, 0.15) is 6.17 Å². The Labute approximate surface area is 212 Å². The number of benzene rings is 2. The Balaban J connectivity index is 1.40. The molecule has 12 heteroatoms. The number of carbonyl (C=O) groups excluding carboxylic acids is 2. The summed E-state index contributed by atoms with van der Waals surface area (Å²) in [5, 5.41) is 4.36. The largest absolute Gasteiger partial charge is 0.416 e. The molecule has 2 fully saturated rings. The van der Waals surface area contributed by atoms with Crippen LogP contribution in [0.15, 0.2) is 47.5 Å². The zero-order valence-corrected chi connectivity index (χ0v) is 20.4. The highest BCUT2D eigenvalue weighted by Gasteiger charge is 2.46. The predicted octanol–water partition coefficient (Wildman–Crippen LogP) is 5.45. The van der Waals surface area contributed by atoms with Gasteiger partial charge in [-0.3, -0.25) is 19.2 Å². The zero-order valence-electron chi connectivity index (χ0n) is 18.8. The summed E-state index contributed by atoms with van der Waals surface area (Å²) >= 11 is 6.53. The molecule has 1 aromatic heterocycles. The summed E-state index contributed by atoms with van der Waals surface area (Å²) in [5.74, 6) is -0.536. The van der Waals surface area contributed by atoms with Crippen molar-refractivity contribution in [3.63, 3.8) is 0 Å². The Morgan fingerprint density at radius 1 is 1.17 bits per heavy atom. The predicted molar refractivity (Wildman–Crippen MR) is 129 cm³/mol. The number of alkyl halides is 4. The van der Waals surface area contributed by atoms with Crippen molar-refractivity contribution < 1.29 is 27.2 Å². The molecule has 0 bridgehead atoms. The maximum absolute atomic E-state index is 14.3. The lowest BCUT2D eigenvalue weighted by molar-refractivity contribution is -0.138. The van der Waals surface area contributed by atoms with Crippen molar-refractivity contribution in [3.05, 3.63) is 69.2 Å². The highest BCUT2D eigenvalue weighted by molar-refractivity contribution is 8.18. The third-order valence-electron chi connectivity index (χ3n) is 6.22.